The number of hydrogen-bond donors (Lipinski definition) is 0. The molecule has 2 aromatic heterocycles. The van der Waals surface area contributed by atoms with E-state index in [1.807, 2.05) is 43.6 Å². The number of aryl methyl sites for hydroxylation is 3. The molecule has 20 heavy (non-hydrogen) atoms. The maximum absolute atomic E-state index is 13.8. The normalized spacial score (nSPS) is 11.2. The summed E-state index contributed by atoms with van der Waals surface area (Å²) in [5.74, 6) is -0.178. The van der Waals surface area contributed by atoms with Crippen LogP contribution in [0.4, 0.5) is 4.39 Å². The van der Waals surface area contributed by atoms with Gasteiger partial charge in [-0.25, -0.2) is 13.9 Å². The maximum Gasteiger partial charge on any atom is 0.158 e. The molecule has 3 aromatic rings. The van der Waals surface area contributed by atoms with Crippen LogP contribution >= 0.6 is 0 Å². The fourth-order valence-electron chi connectivity index (χ4n) is 2.51. The predicted molar refractivity (Wildman–Crippen MR) is 76.4 cm³/mol. The second-order valence-electron chi connectivity index (χ2n) is 5.09. The van der Waals surface area contributed by atoms with Gasteiger partial charge in [-0.3, -0.25) is 0 Å². The molecule has 0 saturated heterocycles. The second kappa shape index (κ2) is 4.71. The third-order valence-electron chi connectivity index (χ3n) is 3.71. The van der Waals surface area contributed by atoms with Crippen molar-refractivity contribution >= 4 is 5.65 Å². The van der Waals surface area contributed by atoms with Crippen LogP contribution in [0.5, 0.6) is 0 Å². The molecule has 0 saturated carbocycles. The van der Waals surface area contributed by atoms with Crippen molar-refractivity contribution in [2.24, 2.45) is 0 Å². The SMILES string of the molecule is Cc1nc2c(C)cnn2c(C)c1Cc1ccccc1F. The van der Waals surface area contributed by atoms with Crippen molar-refractivity contribution < 1.29 is 4.39 Å². The van der Waals surface area contributed by atoms with E-state index in [0.29, 0.717) is 12.0 Å². The Hall–Kier alpha value is -2.23. The van der Waals surface area contributed by atoms with Gasteiger partial charge in [-0.1, -0.05) is 18.2 Å². The zero-order chi connectivity index (χ0) is 14.3. The van der Waals surface area contributed by atoms with E-state index in [2.05, 4.69) is 10.1 Å². The summed E-state index contributed by atoms with van der Waals surface area (Å²) in [6.45, 7) is 5.96. The Morgan fingerprint density at radius 1 is 1.15 bits per heavy atom. The summed E-state index contributed by atoms with van der Waals surface area (Å²) in [7, 11) is 0. The average molecular weight is 269 g/mol. The second-order valence-corrected chi connectivity index (χ2v) is 5.09. The van der Waals surface area contributed by atoms with Crippen LogP contribution in [0.15, 0.2) is 30.5 Å². The summed E-state index contributed by atoms with van der Waals surface area (Å²) in [6, 6.07) is 6.86. The highest BCUT2D eigenvalue weighted by atomic mass is 19.1. The first-order chi connectivity index (χ1) is 9.58. The Balaban J connectivity index is 2.15. The maximum atomic E-state index is 13.8. The van der Waals surface area contributed by atoms with E-state index in [0.717, 1.165) is 28.2 Å². The lowest BCUT2D eigenvalue weighted by Gasteiger charge is -2.12. The smallest absolute Gasteiger partial charge is 0.158 e. The molecule has 0 radical (unpaired) electrons. The average Bonchev–Trinajstić information content (AvgIpc) is 2.78. The first kappa shape index (κ1) is 12.8. The van der Waals surface area contributed by atoms with Crippen LogP contribution in [0.2, 0.25) is 0 Å². The third-order valence-corrected chi connectivity index (χ3v) is 3.71. The van der Waals surface area contributed by atoms with Crippen molar-refractivity contribution in [2.45, 2.75) is 27.2 Å². The molecule has 0 amide bonds. The van der Waals surface area contributed by atoms with Gasteiger partial charge in [0.15, 0.2) is 5.65 Å². The highest BCUT2D eigenvalue weighted by Gasteiger charge is 2.13. The highest BCUT2D eigenvalue weighted by molar-refractivity contribution is 5.49. The molecular weight excluding hydrogens is 253 g/mol. The summed E-state index contributed by atoms with van der Waals surface area (Å²) in [5, 5.41) is 4.34. The van der Waals surface area contributed by atoms with Gasteiger partial charge in [0.2, 0.25) is 0 Å². The van der Waals surface area contributed by atoms with Crippen molar-refractivity contribution in [3.05, 3.63) is 64.4 Å². The minimum Gasteiger partial charge on any atom is -0.233 e. The molecule has 0 spiro atoms. The molecule has 4 heteroatoms. The molecule has 0 N–H and O–H groups in total. The van der Waals surface area contributed by atoms with Gasteiger partial charge in [0.05, 0.1) is 6.20 Å². The molecule has 3 nitrogen and oxygen atoms in total. The first-order valence-electron chi connectivity index (χ1n) is 6.61. The Kier molecular flexibility index (Phi) is 3.01. The van der Waals surface area contributed by atoms with E-state index in [4.69, 9.17) is 0 Å². The monoisotopic (exact) mass is 269 g/mol. The van der Waals surface area contributed by atoms with E-state index < -0.39 is 0 Å². The summed E-state index contributed by atoms with van der Waals surface area (Å²) < 4.78 is 15.6. The number of rotatable bonds is 2. The molecule has 0 unspecified atom stereocenters. The van der Waals surface area contributed by atoms with Crippen LogP contribution in [-0.2, 0) is 6.42 Å². The fourth-order valence-corrected chi connectivity index (χ4v) is 2.51. The molecular formula is C16H16FN3. The molecule has 0 aliphatic rings. The highest BCUT2D eigenvalue weighted by Crippen LogP contribution is 2.21. The minimum atomic E-state index is -0.178. The Morgan fingerprint density at radius 3 is 2.65 bits per heavy atom. The zero-order valence-electron chi connectivity index (χ0n) is 11.8. The number of fused-ring (bicyclic) bond motifs is 1. The number of nitrogens with zero attached hydrogens (tertiary/aromatic N) is 3. The van der Waals surface area contributed by atoms with Crippen LogP contribution in [0, 0.1) is 26.6 Å². The van der Waals surface area contributed by atoms with Crippen molar-refractivity contribution in [2.75, 3.05) is 0 Å². The van der Waals surface area contributed by atoms with Gasteiger partial charge in [-0.05, 0) is 38.0 Å². The molecule has 102 valence electrons. The van der Waals surface area contributed by atoms with Crippen molar-refractivity contribution in [1.82, 2.24) is 14.6 Å². The molecule has 0 fully saturated rings. The van der Waals surface area contributed by atoms with E-state index in [9.17, 15) is 4.39 Å². The van der Waals surface area contributed by atoms with Crippen LogP contribution in [0.1, 0.15) is 28.1 Å². The van der Waals surface area contributed by atoms with Gasteiger partial charge in [0.1, 0.15) is 5.82 Å². The lowest BCUT2D eigenvalue weighted by molar-refractivity contribution is 0.613. The molecule has 1 aromatic carbocycles. The molecule has 0 aliphatic heterocycles. The standard InChI is InChI=1S/C16H16FN3/c1-10-9-18-20-12(3)14(11(2)19-16(10)20)8-13-6-4-5-7-15(13)17/h4-7,9H,8H2,1-3H3. The number of aromatic nitrogens is 3. The predicted octanol–water partition coefficient (Wildman–Crippen LogP) is 3.38. The van der Waals surface area contributed by atoms with Crippen molar-refractivity contribution in [3.63, 3.8) is 0 Å². The van der Waals surface area contributed by atoms with Crippen molar-refractivity contribution in [1.29, 1.82) is 0 Å². The summed E-state index contributed by atoms with van der Waals surface area (Å²) in [4.78, 5) is 4.60. The van der Waals surface area contributed by atoms with Crippen LogP contribution in [-0.4, -0.2) is 14.6 Å². The third kappa shape index (κ3) is 1.97. The molecule has 2 heterocycles. The fraction of sp³-hybridized carbons (Fsp3) is 0.250. The van der Waals surface area contributed by atoms with E-state index in [-0.39, 0.29) is 5.82 Å². The topological polar surface area (TPSA) is 30.2 Å². The number of benzene rings is 1. The summed E-state index contributed by atoms with van der Waals surface area (Å²) in [5.41, 5.74) is 5.59. The van der Waals surface area contributed by atoms with Crippen molar-refractivity contribution in [3.8, 4) is 0 Å². The van der Waals surface area contributed by atoms with E-state index in [1.165, 1.54) is 6.07 Å². The van der Waals surface area contributed by atoms with Crippen LogP contribution in [0.25, 0.3) is 5.65 Å². The van der Waals surface area contributed by atoms with Gasteiger partial charge < -0.3 is 0 Å². The van der Waals surface area contributed by atoms with Crippen LogP contribution < -0.4 is 0 Å². The number of hydrogen-bond acceptors (Lipinski definition) is 2. The van der Waals surface area contributed by atoms with Gasteiger partial charge in [-0.15, -0.1) is 0 Å². The Labute approximate surface area is 117 Å². The Bertz CT molecular complexity index is 790. The van der Waals surface area contributed by atoms with E-state index >= 15 is 0 Å². The molecule has 0 bridgehead atoms. The molecule has 0 aliphatic carbocycles. The molecule has 3 rings (SSSR count). The quantitative estimate of drug-likeness (QED) is 0.714. The van der Waals surface area contributed by atoms with Gasteiger partial charge in [0, 0.05) is 23.4 Å². The molecule has 0 atom stereocenters. The lowest BCUT2D eigenvalue weighted by atomic mass is 10.0. The van der Waals surface area contributed by atoms with Gasteiger partial charge in [0.25, 0.3) is 0 Å². The van der Waals surface area contributed by atoms with E-state index in [1.54, 1.807) is 6.07 Å². The largest absolute Gasteiger partial charge is 0.233 e. The first-order valence-corrected chi connectivity index (χ1v) is 6.61. The lowest BCUT2D eigenvalue weighted by Crippen LogP contribution is -2.07. The number of halogens is 1. The summed E-state index contributed by atoms with van der Waals surface area (Å²) in [6.07, 6.45) is 2.34. The zero-order valence-corrected chi connectivity index (χ0v) is 11.8. The summed E-state index contributed by atoms with van der Waals surface area (Å²) >= 11 is 0. The van der Waals surface area contributed by atoms with Gasteiger partial charge in [-0.2, -0.15) is 5.10 Å². The Morgan fingerprint density at radius 2 is 1.90 bits per heavy atom. The van der Waals surface area contributed by atoms with Crippen LogP contribution in [0.3, 0.4) is 0 Å². The van der Waals surface area contributed by atoms with Gasteiger partial charge >= 0.3 is 0 Å². The minimum absolute atomic E-state index is 0.178.